The van der Waals surface area contributed by atoms with Gasteiger partial charge in [-0.2, -0.15) is 0 Å². The summed E-state index contributed by atoms with van der Waals surface area (Å²) in [5.41, 5.74) is 0.795. The predicted octanol–water partition coefficient (Wildman–Crippen LogP) is 3.66. The number of aromatic carboxylic acids is 1. The molecule has 1 aromatic heterocycles. The summed E-state index contributed by atoms with van der Waals surface area (Å²) in [6.07, 6.45) is 0. The van der Waals surface area contributed by atoms with Crippen molar-refractivity contribution in [2.24, 2.45) is 0 Å². The van der Waals surface area contributed by atoms with Crippen LogP contribution in [0.1, 0.15) is 15.4 Å². The fourth-order valence-corrected chi connectivity index (χ4v) is 2.72. The summed E-state index contributed by atoms with van der Waals surface area (Å²) in [6, 6.07) is 5.51. The molecule has 1 heterocycles. The molecule has 0 aliphatic heterocycles. The van der Waals surface area contributed by atoms with E-state index in [0.717, 1.165) is 10.2 Å². The number of nitrogens with one attached hydrogen (secondary N) is 1. The van der Waals surface area contributed by atoms with Crippen molar-refractivity contribution in [1.29, 1.82) is 0 Å². The molecule has 0 unspecified atom stereocenters. The van der Waals surface area contributed by atoms with Crippen molar-refractivity contribution in [2.75, 3.05) is 12.4 Å². The molecule has 1 aromatic carbocycles. The number of halogens is 1. The number of rotatable bonds is 4. The fraction of sp³-hybridized carbons (Fsp3) is 0.167. The van der Waals surface area contributed by atoms with Gasteiger partial charge in [0.1, 0.15) is 5.75 Å². The van der Waals surface area contributed by atoms with E-state index in [0.29, 0.717) is 15.8 Å². The number of carboxylic acids is 1. The Balaban J connectivity index is 2.33. The molecule has 0 saturated heterocycles. The highest BCUT2D eigenvalue weighted by Gasteiger charge is 2.15. The average Bonchev–Trinajstić information content (AvgIpc) is 2.71. The first-order valence-corrected chi connectivity index (χ1v) is 6.93. The molecule has 5 nitrogen and oxygen atoms in total. The third-order valence-electron chi connectivity index (χ3n) is 2.40. The number of hydrogen-bond acceptors (Lipinski definition) is 5. The SMILES string of the molecule is COc1ccc(Br)cc1Nc1nc(C(=O)O)c(C)s1. The lowest BCUT2D eigenvalue weighted by atomic mass is 10.3. The van der Waals surface area contributed by atoms with E-state index < -0.39 is 5.97 Å². The van der Waals surface area contributed by atoms with Crippen LogP contribution in [-0.2, 0) is 0 Å². The molecule has 0 fully saturated rings. The first-order chi connectivity index (χ1) is 9.01. The zero-order valence-corrected chi connectivity index (χ0v) is 12.6. The average molecular weight is 343 g/mol. The number of ether oxygens (including phenoxy) is 1. The lowest BCUT2D eigenvalue weighted by Crippen LogP contribution is -1.99. The maximum Gasteiger partial charge on any atom is 0.355 e. The molecule has 0 spiro atoms. The Morgan fingerprint density at radius 3 is 2.84 bits per heavy atom. The summed E-state index contributed by atoms with van der Waals surface area (Å²) in [5.74, 6) is -0.365. The van der Waals surface area contributed by atoms with Crippen LogP contribution in [-0.4, -0.2) is 23.2 Å². The normalized spacial score (nSPS) is 10.3. The molecule has 0 radical (unpaired) electrons. The van der Waals surface area contributed by atoms with Crippen molar-refractivity contribution < 1.29 is 14.6 Å². The third-order valence-corrected chi connectivity index (χ3v) is 3.78. The van der Waals surface area contributed by atoms with Crippen molar-refractivity contribution in [2.45, 2.75) is 6.92 Å². The molecule has 7 heteroatoms. The van der Waals surface area contributed by atoms with Gasteiger partial charge in [-0.25, -0.2) is 9.78 Å². The number of hydrogen-bond donors (Lipinski definition) is 2. The van der Waals surface area contributed by atoms with Crippen molar-refractivity contribution >= 4 is 44.1 Å². The number of carbonyl (C=O) groups is 1. The van der Waals surface area contributed by atoms with E-state index in [1.165, 1.54) is 11.3 Å². The van der Waals surface area contributed by atoms with Gasteiger partial charge in [0.05, 0.1) is 12.8 Å². The molecule has 2 rings (SSSR count). The van der Waals surface area contributed by atoms with Crippen LogP contribution in [0.4, 0.5) is 10.8 Å². The number of carboxylic acid groups (broad SMARTS) is 1. The van der Waals surface area contributed by atoms with Crippen LogP contribution in [0.25, 0.3) is 0 Å². The summed E-state index contributed by atoms with van der Waals surface area (Å²) in [4.78, 5) is 15.7. The summed E-state index contributed by atoms with van der Waals surface area (Å²) in [7, 11) is 1.57. The van der Waals surface area contributed by atoms with E-state index in [2.05, 4.69) is 26.2 Å². The second kappa shape index (κ2) is 5.58. The van der Waals surface area contributed by atoms with Crippen molar-refractivity contribution in [3.63, 3.8) is 0 Å². The molecular weight excluding hydrogens is 332 g/mol. The van der Waals surface area contributed by atoms with Gasteiger partial charge < -0.3 is 15.2 Å². The number of nitrogens with zero attached hydrogens (tertiary/aromatic N) is 1. The lowest BCUT2D eigenvalue weighted by Gasteiger charge is -2.09. The highest BCUT2D eigenvalue weighted by Crippen LogP contribution is 2.32. The highest BCUT2D eigenvalue weighted by atomic mass is 79.9. The fourth-order valence-electron chi connectivity index (χ4n) is 1.54. The summed E-state index contributed by atoms with van der Waals surface area (Å²) in [5, 5.41) is 12.6. The van der Waals surface area contributed by atoms with Crippen LogP contribution < -0.4 is 10.1 Å². The number of anilines is 2. The van der Waals surface area contributed by atoms with E-state index >= 15 is 0 Å². The van der Waals surface area contributed by atoms with Crippen molar-refractivity contribution in [3.05, 3.63) is 33.2 Å². The molecule has 0 aliphatic rings. The van der Waals surface area contributed by atoms with Crippen LogP contribution in [0, 0.1) is 6.92 Å². The Kier molecular flexibility index (Phi) is 4.06. The van der Waals surface area contributed by atoms with E-state index in [1.807, 2.05) is 18.2 Å². The minimum atomic E-state index is -1.02. The van der Waals surface area contributed by atoms with E-state index in [4.69, 9.17) is 9.84 Å². The zero-order chi connectivity index (χ0) is 14.0. The van der Waals surface area contributed by atoms with Gasteiger partial charge in [0.15, 0.2) is 10.8 Å². The van der Waals surface area contributed by atoms with Crippen molar-refractivity contribution in [3.8, 4) is 5.75 Å². The summed E-state index contributed by atoms with van der Waals surface area (Å²) in [6.45, 7) is 1.73. The van der Waals surface area contributed by atoms with Gasteiger partial charge in [0.25, 0.3) is 0 Å². The Labute approximate surface area is 122 Å². The van der Waals surface area contributed by atoms with Gasteiger partial charge in [-0.3, -0.25) is 0 Å². The Morgan fingerprint density at radius 1 is 1.53 bits per heavy atom. The maximum absolute atomic E-state index is 10.9. The largest absolute Gasteiger partial charge is 0.495 e. The maximum atomic E-state index is 10.9. The van der Waals surface area contributed by atoms with Crippen molar-refractivity contribution in [1.82, 2.24) is 4.98 Å². The van der Waals surface area contributed by atoms with Crippen LogP contribution in [0.15, 0.2) is 22.7 Å². The Hall–Kier alpha value is -1.60. The smallest absolute Gasteiger partial charge is 0.355 e. The Bertz CT molecular complexity index is 627. The van der Waals surface area contributed by atoms with Crippen LogP contribution in [0.3, 0.4) is 0 Å². The predicted molar refractivity (Wildman–Crippen MR) is 77.8 cm³/mol. The molecule has 0 amide bonds. The van der Waals surface area contributed by atoms with Crippen LogP contribution >= 0.6 is 27.3 Å². The van der Waals surface area contributed by atoms with Gasteiger partial charge >= 0.3 is 5.97 Å². The molecule has 2 N–H and O–H groups in total. The number of benzene rings is 1. The number of aryl methyl sites for hydroxylation is 1. The molecular formula is C12H11BrN2O3S. The lowest BCUT2D eigenvalue weighted by molar-refractivity contribution is 0.0690. The molecule has 19 heavy (non-hydrogen) atoms. The molecule has 0 bridgehead atoms. The summed E-state index contributed by atoms with van der Waals surface area (Å²) < 4.78 is 6.13. The topological polar surface area (TPSA) is 71.5 Å². The second-order valence-electron chi connectivity index (χ2n) is 3.70. The van der Waals surface area contributed by atoms with Crippen LogP contribution in [0.5, 0.6) is 5.75 Å². The third kappa shape index (κ3) is 3.05. The quantitative estimate of drug-likeness (QED) is 0.886. The minimum Gasteiger partial charge on any atom is -0.495 e. The molecule has 100 valence electrons. The van der Waals surface area contributed by atoms with Crippen LogP contribution in [0.2, 0.25) is 0 Å². The molecule has 2 aromatic rings. The number of thiazole rings is 1. The number of methoxy groups -OCH3 is 1. The van der Waals surface area contributed by atoms with Gasteiger partial charge in [-0.05, 0) is 25.1 Å². The second-order valence-corrected chi connectivity index (χ2v) is 5.82. The Morgan fingerprint density at radius 2 is 2.26 bits per heavy atom. The first-order valence-electron chi connectivity index (χ1n) is 5.32. The molecule has 0 saturated carbocycles. The van der Waals surface area contributed by atoms with E-state index in [-0.39, 0.29) is 5.69 Å². The minimum absolute atomic E-state index is 0.0708. The van der Waals surface area contributed by atoms with Gasteiger partial charge in [-0.1, -0.05) is 15.9 Å². The molecule has 0 atom stereocenters. The standard InChI is InChI=1S/C12H11BrN2O3S/c1-6-10(11(16)17)15-12(19-6)14-8-5-7(13)3-4-9(8)18-2/h3-5H,1-2H3,(H,14,15)(H,16,17). The number of aromatic nitrogens is 1. The monoisotopic (exact) mass is 342 g/mol. The van der Waals surface area contributed by atoms with E-state index in [9.17, 15) is 4.79 Å². The van der Waals surface area contributed by atoms with Gasteiger partial charge in [0.2, 0.25) is 0 Å². The van der Waals surface area contributed by atoms with E-state index in [1.54, 1.807) is 14.0 Å². The summed E-state index contributed by atoms with van der Waals surface area (Å²) >= 11 is 4.66. The molecule has 0 aliphatic carbocycles. The van der Waals surface area contributed by atoms with Gasteiger partial charge in [-0.15, -0.1) is 11.3 Å². The first kappa shape index (κ1) is 13.8. The zero-order valence-electron chi connectivity index (χ0n) is 10.2. The highest BCUT2D eigenvalue weighted by molar-refractivity contribution is 9.10. The van der Waals surface area contributed by atoms with Gasteiger partial charge in [0, 0.05) is 9.35 Å².